The first-order valence-electron chi connectivity index (χ1n) is 14.3. The van der Waals surface area contributed by atoms with Crippen LogP contribution in [0.2, 0.25) is 0 Å². The minimum atomic E-state index is -3.67. The molecule has 238 valence electrons. The van der Waals surface area contributed by atoms with Gasteiger partial charge in [-0.2, -0.15) is 0 Å². The van der Waals surface area contributed by atoms with Crippen LogP contribution in [-0.4, -0.2) is 41.9 Å². The van der Waals surface area contributed by atoms with Crippen LogP contribution in [0.1, 0.15) is 59.1 Å². The number of carbonyl (C=O) groups excluding carboxylic acids is 2. The molecule has 0 heterocycles. The molecule has 0 spiro atoms. The zero-order chi connectivity index (χ0) is 32.3. The van der Waals surface area contributed by atoms with Crippen LogP contribution in [0.5, 0.6) is 0 Å². The number of nitrogens with one attached hydrogen (secondary N) is 2. The van der Waals surface area contributed by atoms with Gasteiger partial charge in [-0.05, 0) is 92.1 Å². The third kappa shape index (κ3) is 10.8. The Labute approximate surface area is 260 Å². The van der Waals surface area contributed by atoms with E-state index in [-0.39, 0.29) is 61.8 Å². The van der Waals surface area contributed by atoms with Crippen LogP contribution in [0.15, 0.2) is 70.5 Å². The van der Waals surface area contributed by atoms with Crippen molar-refractivity contribution in [2.75, 3.05) is 13.1 Å². The maximum Gasteiger partial charge on any atom is 0.306 e. The minimum Gasteiger partial charge on any atom is -0.461 e. The molecule has 0 fully saturated rings. The van der Waals surface area contributed by atoms with Gasteiger partial charge in [-0.3, -0.25) is 9.59 Å². The second-order valence-electron chi connectivity index (χ2n) is 10.7. The Morgan fingerprint density at radius 3 is 1.43 bits per heavy atom. The predicted molar refractivity (Wildman–Crippen MR) is 167 cm³/mol. The molecular weight excluding hydrogens is 604 g/mol. The molecule has 12 heteroatoms. The first kappa shape index (κ1) is 34.9. The topological polar surface area (TPSA) is 145 Å². The van der Waals surface area contributed by atoms with Crippen LogP contribution in [0.3, 0.4) is 0 Å². The molecule has 0 bridgehead atoms. The minimum absolute atomic E-state index is 0.0232. The van der Waals surface area contributed by atoms with Crippen LogP contribution >= 0.6 is 0 Å². The SMILES string of the molecule is Cc1ccc(C)c(S(=O)(=O)NCCCC(=O)OCc2cccc(COC(=O)CCCNS(=O)(=O)c3cc(C)ccc3C)c2)c1. The van der Waals surface area contributed by atoms with Gasteiger partial charge >= 0.3 is 11.9 Å². The molecule has 3 aromatic carbocycles. The molecule has 3 aromatic rings. The summed E-state index contributed by atoms with van der Waals surface area (Å²) in [6, 6.07) is 17.5. The highest BCUT2D eigenvalue weighted by atomic mass is 32.2. The van der Waals surface area contributed by atoms with Crippen LogP contribution in [0, 0.1) is 27.7 Å². The Morgan fingerprint density at radius 1 is 0.614 bits per heavy atom. The summed E-state index contributed by atoms with van der Waals surface area (Å²) in [7, 11) is -7.35. The number of aryl methyl sites for hydroxylation is 4. The highest BCUT2D eigenvalue weighted by molar-refractivity contribution is 7.89. The van der Waals surface area contributed by atoms with Crippen LogP contribution in [0.4, 0.5) is 0 Å². The van der Waals surface area contributed by atoms with Crippen molar-refractivity contribution in [2.45, 2.75) is 76.4 Å². The predicted octanol–water partition coefficient (Wildman–Crippen LogP) is 4.52. The normalized spacial score (nSPS) is 11.7. The van der Waals surface area contributed by atoms with E-state index in [0.717, 1.165) is 11.1 Å². The van der Waals surface area contributed by atoms with Crippen LogP contribution in [-0.2, 0) is 52.3 Å². The first-order chi connectivity index (χ1) is 20.8. The van der Waals surface area contributed by atoms with Gasteiger partial charge < -0.3 is 9.47 Å². The maximum absolute atomic E-state index is 12.6. The number of carbonyl (C=O) groups is 2. The molecule has 0 saturated heterocycles. The standard InChI is InChI=1S/C32H40N2O8S2/c1-23-12-14-25(3)29(18-23)43(37,38)33-16-6-10-31(35)41-21-27-8-5-9-28(20-27)22-42-32(36)11-7-17-34-44(39,40)30-19-24(2)13-15-26(30)4/h5,8-9,12-15,18-20,33-34H,6-7,10-11,16-17,21-22H2,1-4H3. The van der Waals surface area contributed by atoms with Crippen molar-refractivity contribution in [3.8, 4) is 0 Å². The van der Waals surface area contributed by atoms with Gasteiger partial charge in [0.1, 0.15) is 13.2 Å². The summed E-state index contributed by atoms with van der Waals surface area (Å²) in [6.45, 7) is 7.36. The van der Waals surface area contributed by atoms with Crippen LogP contribution < -0.4 is 9.44 Å². The fourth-order valence-electron chi connectivity index (χ4n) is 4.31. The molecule has 0 saturated carbocycles. The Balaban J connectivity index is 1.34. The summed E-state index contributed by atoms with van der Waals surface area (Å²) in [5, 5.41) is 0. The first-order valence-corrected chi connectivity index (χ1v) is 17.3. The third-order valence-electron chi connectivity index (χ3n) is 6.76. The average molecular weight is 645 g/mol. The molecule has 0 amide bonds. The van der Waals surface area contributed by atoms with Crippen molar-refractivity contribution in [3.05, 3.63) is 94.0 Å². The van der Waals surface area contributed by atoms with Crippen molar-refractivity contribution < 1.29 is 35.9 Å². The smallest absolute Gasteiger partial charge is 0.306 e. The summed E-state index contributed by atoms with van der Waals surface area (Å²) in [4.78, 5) is 24.8. The lowest BCUT2D eigenvalue weighted by molar-refractivity contribution is -0.145. The van der Waals surface area contributed by atoms with Gasteiger partial charge in [-0.1, -0.05) is 42.5 Å². The fourth-order valence-corrected chi connectivity index (χ4v) is 7.11. The molecule has 0 aromatic heterocycles. The summed E-state index contributed by atoms with van der Waals surface area (Å²) >= 11 is 0. The zero-order valence-corrected chi connectivity index (χ0v) is 27.1. The largest absolute Gasteiger partial charge is 0.461 e. The average Bonchev–Trinajstić information content (AvgIpc) is 2.98. The summed E-state index contributed by atoms with van der Waals surface area (Å²) in [6.07, 6.45) is 0.665. The summed E-state index contributed by atoms with van der Waals surface area (Å²) in [5.74, 6) is -0.915. The fraction of sp³-hybridized carbons (Fsp3) is 0.375. The molecule has 0 atom stereocenters. The molecule has 0 unspecified atom stereocenters. The Hall–Kier alpha value is -3.58. The lowest BCUT2D eigenvalue weighted by Crippen LogP contribution is -2.26. The lowest BCUT2D eigenvalue weighted by Gasteiger charge is -2.11. The van der Waals surface area contributed by atoms with Gasteiger partial charge in [0.2, 0.25) is 20.0 Å². The molecule has 44 heavy (non-hydrogen) atoms. The van der Waals surface area contributed by atoms with E-state index in [2.05, 4.69) is 9.44 Å². The van der Waals surface area contributed by atoms with E-state index in [0.29, 0.717) is 22.3 Å². The number of esters is 2. The number of benzene rings is 3. The highest BCUT2D eigenvalue weighted by Crippen LogP contribution is 2.18. The quantitative estimate of drug-likeness (QED) is 0.171. The van der Waals surface area contributed by atoms with Crippen molar-refractivity contribution in [1.29, 1.82) is 0 Å². The van der Waals surface area contributed by atoms with Crippen molar-refractivity contribution in [1.82, 2.24) is 9.44 Å². The van der Waals surface area contributed by atoms with Gasteiger partial charge in [0.25, 0.3) is 0 Å². The van der Waals surface area contributed by atoms with E-state index in [4.69, 9.17) is 9.47 Å². The van der Waals surface area contributed by atoms with Crippen molar-refractivity contribution in [2.24, 2.45) is 0 Å². The van der Waals surface area contributed by atoms with Gasteiger partial charge in [-0.25, -0.2) is 26.3 Å². The molecule has 0 aliphatic rings. The van der Waals surface area contributed by atoms with Crippen molar-refractivity contribution >= 4 is 32.0 Å². The molecule has 2 N–H and O–H groups in total. The number of hydrogen-bond acceptors (Lipinski definition) is 8. The zero-order valence-electron chi connectivity index (χ0n) is 25.5. The second-order valence-corrected chi connectivity index (χ2v) is 14.2. The van der Waals surface area contributed by atoms with Gasteiger partial charge in [0.15, 0.2) is 0 Å². The highest BCUT2D eigenvalue weighted by Gasteiger charge is 2.18. The molecule has 0 aliphatic heterocycles. The van der Waals surface area contributed by atoms with Gasteiger partial charge in [0, 0.05) is 25.9 Å². The van der Waals surface area contributed by atoms with E-state index in [1.54, 1.807) is 62.4 Å². The number of ether oxygens (including phenoxy) is 2. The monoisotopic (exact) mass is 644 g/mol. The van der Waals surface area contributed by atoms with E-state index < -0.39 is 32.0 Å². The van der Waals surface area contributed by atoms with Crippen molar-refractivity contribution in [3.63, 3.8) is 0 Å². The van der Waals surface area contributed by atoms with E-state index >= 15 is 0 Å². The van der Waals surface area contributed by atoms with E-state index in [9.17, 15) is 26.4 Å². The third-order valence-corrected chi connectivity index (χ3v) is 9.96. The molecule has 0 radical (unpaired) electrons. The van der Waals surface area contributed by atoms with Gasteiger partial charge in [0.05, 0.1) is 9.79 Å². The second kappa shape index (κ2) is 15.9. The Bertz CT molecular complexity index is 1570. The van der Waals surface area contributed by atoms with Gasteiger partial charge in [-0.15, -0.1) is 0 Å². The number of sulfonamides is 2. The van der Waals surface area contributed by atoms with E-state index in [1.807, 2.05) is 26.0 Å². The molecule has 3 rings (SSSR count). The Kier molecular flexibility index (Phi) is 12.6. The lowest BCUT2D eigenvalue weighted by atomic mass is 10.1. The Morgan fingerprint density at radius 2 is 1.02 bits per heavy atom. The van der Waals surface area contributed by atoms with Crippen LogP contribution in [0.25, 0.3) is 0 Å². The number of rotatable bonds is 16. The maximum atomic E-state index is 12.6. The summed E-state index contributed by atoms with van der Waals surface area (Å²) in [5.41, 5.74) is 4.40. The molecule has 0 aliphatic carbocycles. The molecule has 10 nitrogen and oxygen atoms in total. The number of hydrogen-bond donors (Lipinski definition) is 2. The summed E-state index contributed by atoms with van der Waals surface area (Å²) < 4.78 is 66.0. The van der Waals surface area contributed by atoms with E-state index in [1.165, 1.54) is 0 Å². The molecular formula is C32H40N2O8S2.